The quantitative estimate of drug-likeness (QED) is 0.540. The van der Waals surface area contributed by atoms with Gasteiger partial charge in [-0.1, -0.05) is 6.08 Å². The van der Waals surface area contributed by atoms with E-state index in [-0.39, 0.29) is 5.75 Å². The summed E-state index contributed by atoms with van der Waals surface area (Å²) < 4.78 is 27.3. The highest BCUT2D eigenvalue weighted by Gasteiger charge is 1.95. The molecule has 0 aromatic carbocycles. The Morgan fingerprint density at radius 2 is 1.92 bits per heavy atom. The zero-order valence-corrected chi connectivity index (χ0v) is 7.29. The van der Waals surface area contributed by atoms with Crippen molar-refractivity contribution in [3.8, 4) is 0 Å². The molecule has 0 fully saturated rings. The summed E-state index contributed by atoms with van der Waals surface area (Å²) in [6, 6.07) is 3.89. The van der Waals surface area contributed by atoms with Crippen LogP contribution in [0.1, 0.15) is 0 Å². The lowest BCUT2D eigenvalue weighted by Gasteiger charge is -1.82. The Labute approximate surface area is 71.7 Å². The maximum absolute atomic E-state index is 9.72. The van der Waals surface area contributed by atoms with Crippen LogP contribution in [0, 0.1) is 0 Å². The van der Waals surface area contributed by atoms with Crippen LogP contribution in [0.25, 0.3) is 0 Å². The minimum atomic E-state index is -3.79. The Hall–Kier alpha value is -1.07. The third-order valence-electron chi connectivity index (χ3n) is 0.824. The van der Waals surface area contributed by atoms with Crippen molar-refractivity contribution in [2.75, 3.05) is 5.75 Å². The van der Waals surface area contributed by atoms with Crippen LogP contribution < -0.4 is 0 Å². The van der Waals surface area contributed by atoms with E-state index in [9.17, 15) is 8.42 Å². The molecular weight excluding hydrogens is 178 g/mol. The zero-order valence-electron chi connectivity index (χ0n) is 6.47. The lowest BCUT2D eigenvalue weighted by atomic mass is 10.7. The topological polar surface area (TPSA) is 70.2 Å². The molecule has 1 rings (SSSR count). The molecule has 0 spiro atoms. The monoisotopic (exact) mass is 189 g/mol. The molecule has 0 radical (unpaired) electrons. The SMILES string of the molecule is C=CCS(=O)(=O)O.c1cc[nH]c1. The molecule has 0 saturated carbocycles. The van der Waals surface area contributed by atoms with Crippen molar-refractivity contribution in [3.63, 3.8) is 0 Å². The van der Waals surface area contributed by atoms with Gasteiger partial charge in [-0.2, -0.15) is 8.42 Å². The van der Waals surface area contributed by atoms with Gasteiger partial charge in [-0.15, -0.1) is 6.58 Å². The van der Waals surface area contributed by atoms with E-state index >= 15 is 0 Å². The van der Waals surface area contributed by atoms with E-state index in [2.05, 4.69) is 11.6 Å². The minimum absolute atomic E-state index is 0.368. The van der Waals surface area contributed by atoms with Crippen LogP contribution in [0.3, 0.4) is 0 Å². The molecular formula is C7H11NO3S. The fraction of sp³-hybridized carbons (Fsp3) is 0.143. The van der Waals surface area contributed by atoms with Crippen LogP contribution in [-0.4, -0.2) is 23.7 Å². The molecule has 1 heterocycles. The number of aromatic amines is 1. The first-order valence-electron chi connectivity index (χ1n) is 3.20. The van der Waals surface area contributed by atoms with Crippen molar-refractivity contribution in [1.29, 1.82) is 0 Å². The van der Waals surface area contributed by atoms with Crippen molar-refractivity contribution >= 4 is 10.1 Å². The van der Waals surface area contributed by atoms with Gasteiger partial charge < -0.3 is 4.98 Å². The molecule has 4 nitrogen and oxygen atoms in total. The largest absolute Gasteiger partial charge is 0.368 e. The Bertz CT molecular complexity index is 271. The van der Waals surface area contributed by atoms with Gasteiger partial charge in [0.1, 0.15) is 0 Å². The van der Waals surface area contributed by atoms with Crippen LogP contribution in [-0.2, 0) is 10.1 Å². The van der Waals surface area contributed by atoms with Crippen LogP contribution in [0.2, 0.25) is 0 Å². The molecule has 0 aliphatic rings. The Morgan fingerprint density at radius 3 is 2.00 bits per heavy atom. The molecule has 0 unspecified atom stereocenters. The van der Waals surface area contributed by atoms with Gasteiger partial charge in [0, 0.05) is 12.4 Å². The van der Waals surface area contributed by atoms with Crippen molar-refractivity contribution in [3.05, 3.63) is 37.2 Å². The third-order valence-corrected chi connectivity index (χ3v) is 1.48. The fourth-order valence-corrected chi connectivity index (χ4v) is 0.725. The molecule has 0 bridgehead atoms. The Kier molecular flexibility index (Phi) is 5.07. The van der Waals surface area contributed by atoms with Gasteiger partial charge in [0.25, 0.3) is 10.1 Å². The van der Waals surface area contributed by atoms with Gasteiger partial charge in [-0.25, -0.2) is 0 Å². The maximum Gasteiger partial charge on any atom is 0.268 e. The summed E-state index contributed by atoms with van der Waals surface area (Å²) in [4.78, 5) is 2.86. The molecule has 68 valence electrons. The molecule has 1 aromatic rings. The van der Waals surface area contributed by atoms with E-state index in [1.54, 1.807) is 0 Å². The number of nitrogens with one attached hydrogen (secondary N) is 1. The molecule has 0 saturated heterocycles. The minimum Gasteiger partial charge on any atom is -0.368 e. The van der Waals surface area contributed by atoms with Crippen LogP contribution >= 0.6 is 0 Å². The molecule has 2 N–H and O–H groups in total. The lowest BCUT2D eigenvalue weighted by molar-refractivity contribution is 0.487. The Balaban J connectivity index is 0.000000211. The third kappa shape index (κ3) is 8.93. The van der Waals surface area contributed by atoms with Gasteiger partial charge in [0.15, 0.2) is 0 Å². The summed E-state index contributed by atoms with van der Waals surface area (Å²) in [7, 11) is -3.79. The fourth-order valence-electron chi connectivity index (χ4n) is 0.427. The number of rotatable bonds is 2. The van der Waals surface area contributed by atoms with Gasteiger partial charge in [-0.05, 0) is 12.1 Å². The summed E-state index contributed by atoms with van der Waals surface area (Å²) in [6.07, 6.45) is 4.87. The van der Waals surface area contributed by atoms with E-state index in [4.69, 9.17) is 4.55 Å². The average Bonchev–Trinajstić information content (AvgIpc) is 2.38. The van der Waals surface area contributed by atoms with Gasteiger partial charge in [0.05, 0.1) is 5.75 Å². The van der Waals surface area contributed by atoms with Gasteiger partial charge >= 0.3 is 0 Å². The maximum atomic E-state index is 9.72. The van der Waals surface area contributed by atoms with Crippen molar-refractivity contribution in [2.24, 2.45) is 0 Å². The van der Waals surface area contributed by atoms with Gasteiger partial charge in [0.2, 0.25) is 0 Å². The number of hydrogen-bond donors (Lipinski definition) is 2. The highest BCUT2D eigenvalue weighted by atomic mass is 32.2. The summed E-state index contributed by atoms with van der Waals surface area (Å²) in [6.45, 7) is 3.11. The second-order valence-electron chi connectivity index (χ2n) is 1.92. The summed E-state index contributed by atoms with van der Waals surface area (Å²) >= 11 is 0. The van der Waals surface area contributed by atoms with E-state index in [1.807, 2.05) is 24.5 Å². The van der Waals surface area contributed by atoms with E-state index in [0.717, 1.165) is 6.08 Å². The summed E-state index contributed by atoms with van der Waals surface area (Å²) in [5, 5.41) is 0. The number of aromatic nitrogens is 1. The molecule has 0 aliphatic heterocycles. The highest BCUT2D eigenvalue weighted by Crippen LogP contribution is 1.78. The second-order valence-corrected chi connectivity index (χ2v) is 3.42. The first kappa shape index (κ1) is 10.9. The Morgan fingerprint density at radius 1 is 1.42 bits per heavy atom. The van der Waals surface area contributed by atoms with Crippen LogP contribution in [0.4, 0.5) is 0 Å². The van der Waals surface area contributed by atoms with Crippen molar-refractivity contribution < 1.29 is 13.0 Å². The van der Waals surface area contributed by atoms with Crippen LogP contribution in [0.15, 0.2) is 37.2 Å². The molecule has 0 atom stereocenters. The second kappa shape index (κ2) is 5.56. The van der Waals surface area contributed by atoms with E-state index in [0.29, 0.717) is 0 Å². The molecule has 0 amide bonds. The molecule has 0 aliphatic carbocycles. The summed E-state index contributed by atoms with van der Waals surface area (Å²) in [5.41, 5.74) is 0. The van der Waals surface area contributed by atoms with E-state index < -0.39 is 10.1 Å². The molecule has 5 heteroatoms. The number of hydrogen-bond acceptors (Lipinski definition) is 2. The van der Waals surface area contributed by atoms with Crippen molar-refractivity contribution in [2.45, 2.75) is 0 Å². The predicted octanol–water partition coefficient (Wildman–Crippen LogP) is 1.07. The standard InChI is InChI=1S/C4H5N.C3H6O3S/c1-2-4-5-3-1;1-2-3-7(4,5)6/h1-5H;2H,1,3H2,(H,4,5,6). The summed E-state index contributed by atoms with van der Waals surface area (Å²) in [5.74, 6) is -0.368. The first-order valence-corrected chi connectivity index (χ1v) is 4.81. The first-order chi connectivity index (χ1) is 5.56. The normalized spacial score (nSPS) is 9.75. The lowest BCUT2D eigenvalue weighted by Crippen LogP contribution is -1.99. The zero-order chi connectivity index (χ0) is 9.45. The van der Waals surface area contributed by atoms with E-state index in [1.165, 1.54) is 0 Å². The van der Waals surface area contributed by atoms with Crippen LogP contribution in [0.5, 0.6) is 0 Å². The number of H-pyrrole nitrogens is 1. The molecule has 12 heavy (non-hydrogen) atoms. The predicted molar refractivity (Wildman–Crippen MR) is 47.4 cm³/mol. The average molecular weight is 189 g/mol. The highest BCUT2D eigenvalue weighted by molar-refractivity contribution is 7.85. The molecule has 1 aromatic heterocycles. The van der Waals surface area contributed by atoms with Gasteiger partial charge in [-0.3, -0.25) is 4.55 Å². The smallest absolute Gasteiger partial charge is 0.268 e. The van der Waals surface area contributed by atoms with Crippen molar-refractivity contribution in [1.82, 2.24) is 4.98 Å².